The zero-order valence-corrected chi connectivity index (χ0v) is 22.6. The fourth-order valence-electron chi connectivity index (χ4n) is 3.36. The zero-order valence-electron chi connectivity index (χ0n) is 22.1. The largest absolute Gasteiger partial charge is 0.463 e. The lowest BCUT2D eigenvalue weighted by Gasteiger charge is -2.24. The molecular formula is C23H30ClN2O8PS. The minimum absolute atomic E-state index is 0.110. The smallest absolute Gasteiger partial charge is 0.380 e. The highest BCUT2D eigenvalue weighted by molar-refractivity contribution is 7.71. The highest BCUT2D eigenvalue weighted by Crippen LogP contribution is 2.50. The van der Waals surface area contributed by atoms with Gasteiger partial charge in [0.2, 0.25) is 0 Å². The van der Waals surface area contributed by atoms with E-state index in [2.05, 4.69) is 4.98 Å². The number of para-hydroxylation sites is 1. The van der Waals surface area contributed by atoms with Gasteiger partial charge < -0.3 is 19.1 Å². The summed E-state index contributed by atoms with van der Waals surface area (Å²) in [5.41, 5.74) is -0.159. The number of carbonyl (C=O) groups excluding carboxylic acids is 1. The Morgan fingerprint density at radius 2 is 2.03 bits per heavy atom. The molecule has 0 spiro atoms. The van der Waals surface area contributed by atoms with Gasteiger partial charge in [0.05, 0.1) is 27.5 Å². The topological polar surface area (TPSA) is 129 Å². The SMILES string of the molecule is [2H]C([2H])(OP(=O)(C[C@@H](C)C(=O)OC(C)C)Oc1ccccc1)[C@@H]1O[C@H](n2cc(C)c(=S)[nH]c2=O)[C@H](Cl)C1O. The van der Waals surface area contributed by atoms with Crippen LogP contribution in [-0.4, -0.2) is 57.0 Å². The van der Waals surface area contributed by atoms with Crippen LogP contribution in [0.3, 0.4) is 0 Å². The number of esters is 1. The third kappa shape index (κ3) is 7.06. The Morgan fingerprint density at radius 1 is 1.36 bits per heavy atom. The maximum Gasteiger partial charge on any atom is 0.380 e. The molecule has 1 aliphatic rings. The van der Waals surface area contributed by atoms with Crippen LogP contribution in [0.4, 0.5) is 0 Å². The third-order valence-corrected chi connectivity index (χ3v) is 7.93. The van der Waals surface area contributed by atoms with Crippen LogP contribution in [0.25, 0.3) is 0 Å². The number of hydrogen-bond acceptors (Lipinski definition) is 9. The van der Waals surface area contributed by atoms with E-state index in [1.165, 1.54) is 25.3 Å². The lowest BCUT2D eigenvalue weighted by Crippen LogP contribution is -2.33. The van der Waals surface area contributed by atoms with Crippen LogP contribution in [0.1, 0.15) is 35.3 Å². The monoisotopic (exact) mass is 562 g/mol. The van der Waals surface area contributed by atoms with Gasteiger partial charge in [-0.1, -0.05) is 37.3 Å². The van der Waals surface area contributed by atoms with E-state index in [4.69, 9.17) is 45.1 Å². The number of hydrogen-bond donors (Lipinski definition) is 2. The van der Waals surface area contributed by atoms with Gasteiger partial charge in [0.25, 0.3) is 0 Å². The Bertz CT molecular complexity index is 1310. The van der Waals surface area contributed by atoms with Crippen molar-refractivity contribution >= 4 is 37.4 Å². The van der Waals surface area contributed by atoms with E-state index in [1.807, 2.05) is 0 Å². The molecule has 1 aromatic carbocycles. The standard InChI is InChI=1S/C23H30ClN2O8PS/c1-13(2)32-22(28)15(4)12-35(30,34-16-8-6-5-7-9-16)31-11-17-19(27)18(24)21(33-17)26-10-14(3)20(36)25-23(26)29/h5-10,13,15,17-19,21,27H,11-12H2,1-4H3,(H,25,29,36)/t15-,17+,18-,19?,21+,35?/m1/s1/i11D2. The molecule has 2 heterocycles. The summed E-state index contributed by atoms with van der Waals surface area (Å²) in [7, 11) is -4.43. The van der Waals surface area contributed by atoms with E-state index in [9.17, 15) is 19.3 Å². The van der Waals surface area contributed by atoms with Crippen molar-refractivity contribution in [2.24, 2.45) is 5.92 Å². The second-order valence-corrected chi connectivity index (χ2v) is 11.5. The summed E-state index contributed by atoms with van der Waals surface area (Å²) in [5.74, 6) is -1.55. The van der Waals surface area contributed by atoms with Crippen LogP contribution in [0, 0.1) is 17.5 Å². The molecule has 2 N–H and O–H groups in total. The lowest BCUT2D eigenvalue weighted by molar-refractivity contribution is -0.151. The maximum atomic E-state index is 13.9. The molecule has 3 rings (SSSR count). The number of aliphatic hydroxyl groups excluding tert-OH is 1. The van der Waals surface area contributed by atoms with Crippen molar-refractivity contribution in [1.29, 1.82) is 0 Å². The molecule has 10 nitrogen and oxygen atoms in total. The molecule has 0 saturated carbocycles. The average Bonchev–Trinajstić information content (AvgIpc) is 3.11. The molecule has 36 heavy (non-hydrogen) atoms. The highest BCUT2D eigenvalue weighted by Gasteiger charge is 2.45. The summed E-state index contributed by atoms with van der Waals surface area (Å²) in [4.78, 5) is 27.3. The molecule has 1 aromatic heterocycles. The Labute approximate surface area is 221 Å². The number of carbonyl (C=O) groups is 1. The molecule has 6 atom stereocenters. The van der Waals surface area contributed by atoms with E-state index in [0.717, 1.165) is 4.57 Å². The summed E-state index contributed by atoms with van der Waals surface area (Å²) in [5, 5.41) is 9.48. The van der Waals surface area contributed by atoms with Gasteiger partial charge in [-0.3, -0.25) is 18.9 Å². The number of aromatic amines is 1. The summed E-state index contributed by atoms with van der Waals surface area (Å²) >= 11 is 11.4. The quantitative estimate of drug-likeness (QED) is 0.191. The first-order valence-electron chi connectivity index (χ1n) is 12.2. The normalized spacial score (nSPS) is 25.5. The second-order valence-electron chi connectivity index (χ2n) is 8.65. The Morgan fingerprint density at radius 3 is 2.67 bits per heavy atom. The van der Waals surface area contributed by atoms with Gasteiger partial charge >= 0.3 is 19.3 Å². The van der Waals surface area contributed by atoms with Crippen LogP contribution < -0.4 is 10.2 Å². The molecule has 13 heteroatoms. The van der Waals surface area contributed by atoms with Crippen LogP contribution in [0.15, 0.2) is 41.3 Å². The van der Waals surface area contributed by atoms with Crippen molar-refractivity contribution in [3.63, 3.8) is 0 Å². The average molecular weight is 563 g/mol. The Balaban J connectivity index is 1.90. The Kier molecular flexibility index (Phi) is 8.56. The molecule has 1 fully saturated rings. The first kappa shape index (κ1) is 25.6. The first-order chi connectivity index (χ1) is 17.6. The minimum Gasteiger partial charge on any atom is -0.463 e. The molecule has 0 amide bonds. The van der Waals surface area contributed by atoms with E-state index < -0.39 is 67.8 Å². The predicted octanol–water partition coefficient (Wildman–Crippen LogP) is 3.96. The molecule has 1 saturated heterocycles. The predicted molar refractivity (Wildman–Crippen MR) is 136 cm³/mol. The number of aryl methyl sites for hydroxylation is 1. The molecular weight excluding hydrogens is 531 g/mol. The number of halogens is 1. The summed E-state index contributed by atoms with van der Waals surface area (Å²) in [6.07, 6.45) is -4.35. The number of H-pyrrole nitrogens is 1. The third-order valence-electron chi connectivity index (χ3n) is 5.16. The van der Waals surface area contributed by atoms with Gasteiger partial charge in [0.15, 0.2) is 6.23 Å². The highest BCUT2D eigenvalue weighted by atomic mass is 35.5. The number of aliphatic hydroxyl groups is 1. The minimum atomic E-state index is -4.43. The first-order valence-corrected chi connectivity index (χ1v) is 13.8. The van der Waals surface area contributed by atoms with E-state index >= 15 is 0 Å². The van der Waals surface area contributed by atoms with Crippen molar-refractivity contribution in [3.8, 4) is 5.75 Å². The van der Waals surface area contributed by atoms with Crippen LogP contribution in [-0.2, 0) is 23.4 Å². The molecule has 0 aliphatic carbocycles. The molecule has 0 radical (unpaired) electrons. The van der Waals surface area contributed by atoms with Crippen LogP contribution in [0.5, 0.6) is 5.75 Å². The van der Waals surface area contributed by atoms with Gasteiger partial charge in [0.1, 0.15) is 28.0 Å². The number of rotatable bonds is 10. The van der Waals surface area contributed by atoms with Gasteiger partial charge in [-0.2, -0.15) is 0 Å². The van der Waals surface area contributed by atoms with Crippen molar-refractivity contribution in [2.75, 3.05) is 12.7 Å². The van der Waals surface area contributed by atoms with Gasteiger partial charge in [-0.05, 0) is 32.9 Å². The van der Waals surface area contributed by atoms with E-state index in [1.54, 1.807) is 39.0 Å². The number of benzene rings is 1. The van der Waals surface area contributed by atoms with Crippen molar-refractivity contribution in [2.45, 2.75) is 57.6 Å². The number of nitrogens with one attached hydrogen (secondary N) is 1. The van der Waals surface area contributed by atoms with Crippen molar-refractivity contribution in [3.05, 3.63) is 57.2 Å². The summed E-state index contributed by atoms with van der Waals surface area (Å²) in [6, 6.07) is 7.90. The number of aromatic nitrogens is 2. The second kappa shape index (κ2) is 12.0. The fraction of sp³-hybridized carbons (Fsp3) is 0.522. The van der Waals surface area contributed by atoms with Gasteiger partial charge in [0, 0.05) is 11.8 Å². The molecule has 198 valence electrons. The van der Waals surface area contributed by atoms with Gasteiger partial charge in [-0.25, -0.2) is 9.36 Å². The summed E-state index contributed by atoms with van der Waals surface area (Å²) in [6.45, 7) is 3.47. The molecule has 2 unspecified atom stereocenters. The van der Waals surface area contributed by atoms with E-state index in [-0.39, 0.29) is 10.4 Å². The molecule has 1 aliphatic heterocycles. The molecule has 2 aromatic rings. The van der Waals surface area contributed by atoms with Crippen LogP contribution in [0.2, 0.25) is 0 Å². The lowest BCUT2D eigenvalue weighted by atomic mass is 10.2. The zero-order chi connectivity index (χ0) is 28.4. The summed E-state index contributed by atoms with van der Waals surface area (Å²) < 4.78 is 54.1. The fourth-order valence-corrected chi connectivity index (χ4v) is 5.53. The molecule has 0 bridgehead atoms. The van der Waals surface area contributed by atoms with Crippen molar-refractivity contribution < 1.29 is 35.7 Å². The number of alkyl halides is 1. The number of ether oxygens (including phenoxy) is 2. The van der Waals surface area contributed by atoms with Gasteiger partial charge in [-0.15, -0.1) is 11.6 Å². The Hall–Kier alpha value is -2.01. The van der Waals surface area contributed by atoms with Crippen LogP contribution >= 0.6 is 31.4 Å². The van der Waals surface area contributed by atoms with E-state index in [0.29, 0.717) is 5.56 Å². The maximum absolute atomic E-state index is 13.9. The number of nitrogens with zero attached hydrogens (tertiary/aromatic N) is 1. The van der Waals surface area contributed by atoms with Crippen molar-refractivity contribution in [1.82, 2.24) is 9.55 Å².